The van der Waals surface area contributed by atoms with Crippen LogP contribution in [0.15, 0.2) is 18.2 Å². The van der Waals surface area contributed by atoms with Crippen molar-refractivity contribution < 1.29 is 23.1 Å². The van der Waals surface area contributed by atoms with Gasteiger partial charge in [-0.2, -0.15) is 0 Å². The summed E-state index contributed by atoms with van der Waals surface area (Å²) in [5.41, 5.74) is -2.97. The molecule has 0 N–H and O–H groups in total. The lowest BCUT2D eigenvalue weighted by molar-refractivity contribution is -0.195. The van der Waals surface area contributed by atoms with E-state index in [1.807, 2.05) is 0 Å². The van der Waals surface area contributed by atoms with Gasteiger partial charge in [0.15, 0.2) is 0 Å². The molecule has 3 nitrogen and oxygen atoms in total. The first-order chi connectivity index (χ1) is 11.9. The highest BCUT2D eigenvalue weighted by molar-refractivity contribution is 6.18. The molecule has 0 saturated heterocycles. The Morgan fingerprint density at radius 1 is 1.08 bits per heavy atom. The number of ether oxygens (including phenoxy) is 1. The number of fused-ring (bicyclic) bond motifs is 1. The van der Waals surface area contributed by atoms with E-state index in [1.54, 1.807) is 0 Å². The maximum Gasteiger partial charge on any atom is 0.353 e. The van der Waals surface area contributed by atoms with Gasteiger partial charge in [0.05, 0.1) is 0 Å². The van der Waals surface area contributed by atoms with E-state index in [4.69, 9.17) is 4.74 Å². The number of ketones is 1. The molecular weight excluding hydrogens is 326 g/mol. The number of halogens is 2. The minimum Gasteiger partial charge on any atom is -0.456 e. The van der Waals surface area contributed by atoms with E-state index in [-0.39, 0.29) is 12.0 Å². The van der Waals surface area contributed by atoms with E-state index in [2.05, 4.69) is 0 Å². The molecule has 25 heavy (non-hydrogen) atoms. The van der Waals surface area contributed by atoms with Crippen LogP contribution in [-0.4, -0.2) is 23.0 Å². The largest absolute Gasteiger partial charge is 0.456 e. The van der Waals surface area contributed by atoms with Gasteiger partial charge in [-0.15, -0.1) is 0 Å². The van der Waals surface area contributed by atoms with Crippen LogP contribution in [0.4, 0.5) is 8.78 Å². The van der Waals surface area contributed by atoms with Crippen molar-refractivity contribution in [2.45, 2.75) is 56.2 Å². The fourth-order valence-corrected chi connectivity index (χ4v) is 6.07. The number of hydrogen-bond acceptors (Lipinski definition) is 3. The molecular formula is C20H20F2O3. The highest BCUT2D eigenvalue weighted by atomic mass is 19.1. The molecule has 1 unspecified atom stereocenters. The zero-order valence-electron chi connectivity index (χ0n) is 13.9. The zero-order valence-corrected chi connectivity index (χ0v) is 13.9. The van der Waals surface area contributed by atoms with Crippen LogP contribution in [0.2, 0.25) is 0 Å². The summed E-state index contributed by atoms with van der Waals surface area (Å²) in [7, 11) is 0. The van der Waals surface area contributed by atoms with Gasteiger partial charge in [0, 0.05) is 12.0 Å². The van der Waals surface area contributed by atoms with Gasteiger partial charge in [0.25, 0.3) is 5.67 Å². The molecule has 0 spiro atoms. The van der Waals surface area contributed by atoms with Crippen LogP contribution in [0.25, 0.3) is 0 Å². The van der Waals surface area contributed by atoms with Crippen LogP contribution in [-0.2, 0) is 16.0 Å². The smallest absolute Gasteiger partial charge is 0.353 e. The summed E-state index contributed by atoms with van der Waals surface area (Å²) in [4.78, 5) is 25.2. The molecule has 6 rings (SSSR count). The monoisotopic (exact) mass is 346 g/mol. The van der Waals surface area contributed by atoms with Gasteiger partial charge in [-0.1, -0.05) is 6.07 Å². The predicted octanol–water partition coefficient (Wildman–Crippen LogP) is 3.78. The van der Waals surface area contributed by atoms with Crippen LogP contribution < -0.4 is 0 Å². The van der Waals surface area contributed by atoms with Gasteiger partial charge >= 0.3 is 5.97 Å². The van der Waals surface area contributed by atoms with Crippen LogP contribution >= 0.6 is 0 Å². The summed E-state index contributed by atoms with van der Waals surface area (Å²) in [6.45, 7) is 0. The van der Waals surface area contributed by atoms with Crippen LogP contribution in [0.3, 0.4) is 0 Å². The first kappa shape index (κ1) is 15.5. The summed E-state index contributed by atoms with van der Waals surface area (Å²) in [5, 5.41) is 0. The molecule has 1 aromatic rings. The summed E-state index contributed by atoms with van der Waals surface area (Å²) in [5.74, 6) is -0.973. The van der Waals surface area contributed by atoms with Crippen molar-refractivity contribution in [3.63, 3.8) is 0 Å². The lowest BCUT2D eigenvalue weighted by atomic mass is 9.54. The molecule has 1 atom stereocenters. The zero-order chi connectivity index (χ0) is 17.4. The Morgan fingerprint density at radius 3 is 2.28 bits per heavy atom. The van der Waals surface area contributed by atoms with Gasteiger partial charge in [-0.25, -0.2) is 13.6 Å². The van der Waals surface area contributed by atoms with Crippen LogP contribution in [0.5, 0.6) is 0 Å². The molecule has 4 saturated carbocycles. The molecule has 0 radical (unpaired) electrons. The molecule has 5 aliphatic carbocycles. The Balaban J connectivity index is 1.41. The number of rotatable bonds is 2. The van der Waals surface area contributed by atoms with Crippen LogP contribution in [0, 0.1) is 23.6 Å². The fraction of sp³-hybridized carbons (Fsp3) is 0.600. The first-order valence-corrected chi connectivity index (χ1v) is 9.12. The second-order valence-corrected chi connectivity index (χ2v) is 8.60. The van der Waals surface area contributed by atoms with Crippen molar-refractivity contribution in [1.82, 2.24) is 0 Å². The van der Waals surface area contributed by atoms with E-state index in [0.717, 1.165) is 25.3 Å². The summed E-state index contributed by atoms with van der Waals surface area (Å²) in [6, 6.07) is 3.57. The molecule has 5 heteroatoms. The van der Waals surface area contributed by atoms with Gasteiger partial charge in [0.1, 0.15) is 11.4 Å². The standard InChI is InChI=1S/C20H20F2O3/c21-15-2-1-14-10-20(22,17(23)16(14)6-15)18(24)25-19-7-11-3-12(8-19)5-13(4-11)9-19/h1-2,6,11-13H,3-5,7-10H2. The topological polar surface area (TPSA) is 43.4 Å². The Bertz CT molecular complexity index is 752. The van der Waals surface area contributed by atoms with Crippen molar-refractivity contribution in [1.29, 1.82) is 0 Å². The fourth-order valence-electron chi connectivity index (χ4n) is 6.07. The number of carbonyl (C=O) groups is 2. The third kappa shape index (κ3) is 2.20. The summed E-state index contributed by atoms with van der Waals surface area (Å²) >= 11 is 0. The quantitative estimate of drug-likeness (QED) is 0.604. The van der Waals surface area contributed by atoms with Gasteiger partial charge < -0.3 is 4.74 Å². The van der Waals surface area contributed by atoms with Crippen molar-refractivity contribution in [3.05, 3.63) is 35.1 Å². The average molecular weight is 346 g/mol. The first-order valence-electron chi connectivity index (χ1n) is 9.12. The maximum atomic E-state index is 15.4. The molecule has 0 aliphatic heterocycles. The average Bonchev–Trinajstić information content (AvgIpc) is 2.78. The second-order valence-electron chi connectivity index (χ2n) is 8.60. The van der Waals surface area contributed by atoms with Crippen molar-refractivity contribution in [3.8, 4) is 0 Å². The third-order valence-electron chi connectivity index (χ3n) is 6.73. The Hall–Kier alpha value is -1.78. The van der Waals surface area contributed by atoms with Crippen molar-refractivity contribution in [2.75, 3.05) is 0 Å². The maximum absolute atomic E-state index is 15.4. The van der Waals surface area contributed by atoms with Crippen LogP contribution in [0.1, 0.15) is 54.4 Å². The molecule has 4 fully saturated rings. The highest BCUT2D eigenvalue weighted by Gasteiger charge is 2.59. The van der Waals surface area contributed by atoms with E-state index in [9.17, 15) is 14.0 Å². The minimum atomic E-state index is -2.71. The molecule has 132 valence electrons. The number of esters is 1. The second kappa shape index (κ2) is 4.89. The summed E-state index contributed by atoms with van der Waals surface area (Å²) in [6.07, 6.45) is 5.56. The number of Topliss-reactive ketones (excluding diaryl/α,β-unsaturated/α-hetero) is 1. The SMILES string of the molecule is O=C(OC12CC3CC(CC(C3)C1)C2)C1(F)Cc2ccc(F)cc2C1=O. The van der Waals surface area contributed by atoms with Gasteiger partial charge in [-0.05, 0) is 74.0 Å². The Kier molecular flexibility index (Phi) is 3.03. The molecule has 4 bridgehead atoms. The Labute approximate surface area is 144 Å². The number of hydrogen-bond donors (Lipinski definition) is 0. The lowest BCUT2D eigenvalue weighted by Crippen LogP contribution is -2.55. The normalized spacial score (nSPS) is 41.0. The van der Waals surface area contributed by atoms with E-state index < -0.39 is 28.8 Å². The van der Waals surface area contributed by atoms with E-state index in [0.29, 0.717) is 23.3 Å². The number of carbonyl (C=O) groups excluding carboxylic acids is 2. The summed E-state index contributed by atoms with van der Waals surface area (Å²) < 4.78 is 34.5. The minimum absolute atomic E-state index is 0.0371. The number of benzene rings is 1. The van der Waals surface area contributed by atoms with E-state index in [1.165, 1.54) is 31.4 Å². The van der Waals surface area contributed by atoms with Gasteiger partial charge in [0.2, 0.25) is 5.78 Å². The molecule has 0 heterocycles. The highest BCUT2D eigenvalue weighted by Crippen LogP contribution is 2.57. The Morgan fingerprint density at radius 2 is 1.68 bits per heavy atom. The predicted molar refractivity (Wildman–Crippen MR) is 85.3 cm³/mol. The molecule has 0 aromatic heterocycles. The van der Waals surface area contributed by atoms with Crippen molar-refractivity contribution in [2.24, 2.45) is 17.8 Å². The molecule has 1 aromatic carbocycles. The van der Waals surface area contributed by atoms with E-state index >= 15 is 4.39 Å². The number of alkyl halides is 1. The van der Waals surface area contributed by atoms with Gasteiger partial charge in [-0.3, -0.25) is 4.79 Å². The van der Waals surface area contributed by atoms with Crippen molar-refractivity contribution >= 4 is 11.8 Å². The molecule has 0 amide bonds. The molecule has 5 aliphatic rings. The third-order valence-corrected chi connectivity index (χ3v) is 6.73. The lowest BCUT2D eigenvalue weighted by Gasteiger charge is -2.55.